The molecule has 0 spiro atoms. The van der Waals surface area contributed by atoms with Crippen LogP contribution in [-0.4, -0.2) is 19.5 Å². The van der Waals surface area contributed by atoms with E-state index in [0.717, 1.165) is 6.29 Å². The molecule has 0 N–H and O–H groups in total. The molecule has 0 saturated carbocycles. The quantitative estimate of drug-likeness (QED) is 0.543. The molecule has 15 heavy (non-hydrogen) atoms. The first-order valence-corrected chi connectivity index (χ1v) is 4.60. The van der Waals surface area contributed by atoms with E-state index in [-0.39, 0.29) is 6.61 Å². The van der Waals surface area contributed by atoms with Crippen LogP contribution in [-0.2, 0) is 0 Å². The molecule has 0 unspecified atom stereocenters. The fraction of sp³-hybridized carbons (Fsp3) is 0.250. The fourth-order valence-corrected chi connectivity index (χ4v) is 1.10. The van der Waals surface area contributed by atoms with Crippen molar-refractivity contribution in [1.29, 1.82) is 0 Å². The molecule has 0 aromatic heterocycles. The number of carbonyl (C=O) groups is 1. The molecule has 0 amide bonds. The lowest BCUT2D eigenvalue weighted by atomic mass is 10.2. The van der Waals surface area contributed by atoms with E-state index in [9.17, 15) is 4.79 Å². The summed E-state index contributed by atoms with van der Waals surface area (Å²) in [5, 5.41) is 0. The molecule has 0 aliphatic heterocycles. The lowest BCUT2D eigenvalue weighted by molar-refractivity contribution is 0.112. The minimum Gasteiger partial charge on any atom is -0.490 e. The Morgan fingerprint density at radius 2 is 2.20 bits per heavy atom. The molecule has 0 atom stereocenters. The molecule has 1 aromatic carbocycles. The topological polar surface area (TPSA) is 35.5 Å². The SMILES string of the molecule is C#CCOc1ccc(C=O)cc1OCC. The summed E-state index contributed by atoms with van der Waals surface area (Å²) < 4.78 is 10.6. The molecule has 0 aliphatic rings. The first kappa shape index (κ1) is 11.1. The molecule has 0 aliphatic carbocycles. The number of rotatable bonds is 5. The van der Waals surface area contributed by atoms with Gasteiger partial charge in [-0.1, -0.05) is 5.92 Å². The third-order valence-corrected chi connectivity index (χ3v) is 1.71. The maximum atomic E-state index is 10.6. The van der Waals surface area contributed by atoms with E-state index in [0.29, 0.717) is 23.7 Å². The summed E-state index contributed by atoms with van der Waals surface area (Å²) in [5.74, 6) is 3.46. The summed E-state index contributed by atoms with van der Waals surface area (Å²) in [5.41, 5.74) is 0.548. The molecule has 0 fully saturated rings. The van der Waals surface area contributed by atoms with Gasteiger partial charge < -0.3 is 9.47 Å². The van der Waals surface area contributed by atoms with Gasteiger partial charge in [-0.2, -0.15) is 0 Å². The summed E-state index contributed by atoms with van der Waals surface area (Å²) in [6.45, 7) is 2.55. The van der Waals surface area contributed by atoms with E-state index >= 15 is 0 Å². The number of hydrogen-bond acceptors (Lipinski definition) is 3. The normalized spacial score (nSPS) is 9.07. The van der Waals surface area contributed by atoms with Crippen molar-refractivity contribution < 1.29 is 14.3 Å². The Labute approximate surface area is 89.0 Å². The predicted octanol–water partition coefficient (Wildman–Crippen LogP) is 1.91. The average Bonchev–Trinajstić information content (AvgIpc) is 2.27. The standard InChI is InChI=1S/C12H12O3/c1-3-7-15-11-6-5-10(9-13)8-12(11)14-4-2/h1,5-6,8-9H,4,7H2,2H3. The summed E-state index contributed by atoms with van der Waals surface area (Å²) in [4.78, 5) is 10.6. The van der Waals surface area contributed by atoms with Crippen LogP contribution in [0.4, 0.5) is 0 Å². The second-order valence-electron chi connectivity index (χ2n) is 2.75. The van der Waals surface area contributed by atoms with Gasteiger partial charge in [0.1, 0.15) is 12.9 Å². The van der Waals surface area contributed by atoms with Crippen LogP contribution in [0.3, 0.4) is 0 Å². The highest BCUT2D eigenvalue weighted by Crippen LogP contribution is 2.27. The molecule has 3 nitrogen and oxygen atoms in total. The van der Waals surface area contributed by atoms with Crippen molar-refractivity contribution >= 4 is 6.29 Å². The number of carbonyl (C=O) groups excluding carboxylic acids is 1. The number of terminal acetylenes is 1. The van der Waals surface area contributed by atoms with Gasteiger partial charge in [-0.05, 0) is 25.1 Å². The van der Waals surface area contributed by atoms with E-state index in [4.69, 9.17) is 15.9 Å². The van der Waals surface area contributed by atoms with Crippen molar-refractivity contribution in [2.45, 2.75) is 6.92 Å². The molecule has 3 heteroatoms. The van der Waals surface area contributed by atoms with Crippen LogP contribution < -0.4 is 9.47 Å². The van der Waals surface area contributed by atoms with Gasteiger partial charge in [0, 0.05) is 5.56 Å². The summed E-state index contributed by atoms with van der Waals surface area (Å²) in [6, 6.07) is 4.95. The largest absolute Gasteiger partial charge is 0.490 e. The molecule has 0 saturated heterocycles. The maximum Gasteiger partial charge on any atom is 0.162 e. The highest BCUT2D eigenvalue weighted by Gasteiger charge is 2.05. The van der Waals surface area contributed by atoms with Crippen molar-refractivity contribution in [1.82, 2.24) is 0 Å². The average molecular weight is 204 g/mol. The van der Waals surface area contributed by atoms with Gasteiger partial charge >= 0.3 is 0 Å². The van der Waals surface area contributed by atoms with Crippen molar-refractivity contribution in [2.24, 2.45) is 0 Å². The molecule has 0 bridgehead atoms. The van der Waals surface area contributed by atoms with E-state index < -0.39 is 0 Å². The zero-order chi connectivity index (χ0) is 11.1. The van der Waals surface area contributed by atoms with Gasteiger partial charge in [-0.25, -0.2) is 0 Å². The summed E-state index contributed by atoms with van der Waals surface area (Å²) >= 11 is 0. The fourth-order valence-electron chi connectivity index (χ4n) is 1.10. The lowest BCUT2D eigenvalue weighted by Crippen LogP contribution is -1.99. The minimum absolute atomic E-state index is 0.181. The number of benzene rings is 1. The monoisotopic (exact) mass is 204 g/mol. The molecule has 0 heterocycles. The van der Waals surface area contributed by atoms with Gasteiger partial charge in [-0.3, -0.25) is 4.79 Å². The Hall–Kier alpha value is -1.95. The van der Waals surface area contributed by atoms with Crippen molar-refractivity contribution in [3.05, 3.63) is 23.8 Å². The maximum absolute atomic E-state index is 10.6. The number of ether oxygens (including phenoxy) is 2. The van der Waals surface area contributed by atoms with E-state index in [1.165, 1.54) is 0 Å². The predicted molar refractivity (Wildman–Crippen MR) is 57.3 cm³/mol. The highest BCUT2D eigenvalue weighted by atomic mass is 16.5. The zero-order valence-corrected chi connectivity index (χ0v) is 8.53. The number of aldehydes is 1. The van der Waals surface area contributed by atoms with Gasteiger partial charge in [0.15, 0.2) is 11.5 Å². The van der Waals surface area contributed by atoms with E-state index in [2.05, 4.69) is 5.92 Å². The van der Waals surface area contributed by atoms with Gasteiger partial charge in [0.05, 0.1) is 6.61 Å². The van der Waals surface area contributed by atoms with Crippen LogP contribution in [0.1, 0.15) is 17.3 Å². The molecular formula is C12H12O3. The second kappa shape index (κ2) is 5.71. The van der Waals surface area contributed by atoms with Crippen LogP contribution in [0.15, 0.2) is 18.2 Å². The first-order chi connectivity index (χ1) is 7.31. The van der Waals surface area contributed by atoms with Crippen LogP contribution >= 0.6 is 0 Å². The summed E-state index contributed by atoms with van der Waals surface area (Å²) in [6.07, 6.45) is 5.84. The van der Waals surface area contributed by atoms with Crippen molar-refractivity contribution in [2.75, 3.05) is 13.2 Å². The van der Waals surface area contributed by atoms with Crippen LogP contribution in [0, 0.1) is 12.3 Å². The smallest absolute Gasteiger partial charge is 0.162 e. The third-order valence-electron chi connectivity index (χ3n) is 1.71. The van der Waals surface area contributed by atoms with E-state index in [1.54, 1.807) is 18.2 Å². The second-order valence-corrected chi connectivity index (χ2v) is 2.75. The van der Waals surface area contributed by atoms with Gasteiger partial charge in [-0.15, -0.1) is 6.42 Å². The number of hydrogen-bond donors (Lipinski definition) is 0. The van der Waals surface area contributed by atoms with Crippen LogP contribution in [0.25, 0.3) is 0 Å². The highest BCUT2D eigenvalue weighted by molar-refractivity contribution is 5.76. The first-order valence-electron chi connectivity index (χ1n) is 4.60. The van der Waals surface area contributed by atoms with Crippen molar-refractivity contribution in [3.63, 3.8) is 0 Å². The molecule has 78 valence electrons. The molecule has 1 rings (SSSR count). The van der Waals surface area contributed by atoms with Crippen molar-refractivity contribution in [3.8, 4) is 23.8 Å². The Balaban J connectivity index is 2.93. The Morgan fingerprint density at radius 1 is 1.40 bits per heavy atom. The lowest BCUT2D eigenvalue weighted by Gasteiger charge is -2.10. The third kappa shape index (κ3) is 3.03. The Bertz CT molecular complexity index is 377. The Kier molecular flexibility index (Phi) is 4.24. The molecule has 1 aromatic rings. The van der Waals surface area contributed by atoms with Crippen LogP contribution in [0.5, 0.6) is 11.5 Å². The molecule has 0 radical (unpaired) electrons. The minimum atomic E-state index is 0.181. The van der Waals surface area contributed by atoms with Gasteiger partial charge in [0.2, 0.25) is 0 Å². The zero-order valence-electron chi connectivity index (χ0n) is 8.53. The Morgan fingerprint density at radius 3 is 2.80 bits per heavy atom. The van der Waals surface area contributed by atoms with Gasteiger partial charge in [0.25, 0.3) is 0 Å². The van der Waals surface area contributed by atoms with Crippen LogP contribution in [0.2, 0.25) is 0 Å². The van der Waals surface area contributed by atoms with E-state index in [1.807, 2.05) is 6.92 Å². The molecular weight excluding hydrogens is 192 g/mol. The summed E-state index contributed by atoms with van der Waals surface area (Å²) in [7, 11) is 0.